The molecule has 3 N–H and O–H groups in total. The van der Waals surface area contributed by atoms with Crippen LogP contribution >= 0.6 is 11.6 Å². The highest BCUT2D eigenvalue weighted by atomic mass is 35.5. The number of hydrogen-bond acceptors (Lipinski definition) is 4. The largest absolute Gasteiger partial charge is 0.507 e. The quantitative estimate of drug-likeness (QED) is 0.430. The summed E-state index contributed by atoms with van der Waals surface area (Å²) in [6, 6.07) is 11.4. The van der Waals surface area contributed by atoms with E-state index >= 15 is 0 Å². The monoisotopic (exact) mass is 316 g/mol. The lowest BCUT2D eigenvalue weighted by Crippen LogP contribution is -2.37. The summed E-state index contributed by atoms with van der Waals surface area (Å²) in [5, 5.41) is 11.9. The maximum Gasteiger partial charge on any atom is 0.308 e. The average molecular weight is 317 g/mol. The van der Waals surface area contributed by atoms with E-state index in [1.807, 2.05) is 0 Å². The number of anilines is 1. The van der Waals surface area contributed by atoms with Gasteiger partial charge in [-0.05, 0) is 43.3 Å². The first-order chi connectivity index (χ1) is 10.5. The van der Waals surface area contributed by atoms with Crippen LogP contribution in [0.1, 0.15) is 16.1 Å². The summed E-state index contributed by atoms with van der Waals surface area (Å²) in [6.07, 6.45) is 0. The smallest absolute Gasteiger partial charge is 0.308 e. The van der Waals surface area contributed by atoms with E-state index in [1.165, 1.54) is 0 Å². The fourth-order valence-corrected chi connectivity index (χ4v) is 2.44. The lowest BCUT2D eigenvalue weighted by molar-refractivity contribution is 0.0961. The second-order valence-electron chi connectivity index (χ2n) is 4.86. The third-order valence-electron chi connectivity index (χ3n) is 3.45. The number of hydrogen-bond donors (Lipinski definition) is 2. The highest BCUT2D eigenvalue weighted by Crippen LogP contribution is 2.33. The van der Waals surface area contributed by atoms with Crippen molar-refractivity contribution in [1.29, 1.82) is 0 Å². The van der Waals surface area contributed by atoms with Gasteiger partial charge in [0.05, 0.1) is 11.1 Å². The molecular weight excluding hydrogens is 304 g/mol. The van der Waals surface area contributed by atoms with Crippen LogP contribution in [-0.2, 0) is 0 Å². The molecule has 0 saturated heterocycles. The number of benzene rings is 2. The van der Waals surface area contributed by atoms with E-state index in [0.29, 0.717) is 27.2 Å². The van der Waals surface area contributed by atoms with Gasteiger partial charge in [-0.15, -0.1) is 0 Å². The second-order valence-corrected chi connectivity index (χ2v) is 5.29. The summed E-state index contributed by atoms with van der Waals surface area (Å²) in [4.78, 5) is 12.5. The molecule has 0 aliphatic heterocycles. The number of furan rings is 1. The number of phenols is 1. The fourth-order valence-electron chi connectivity index (χ4n) is 2.31. The minimum Gasteiger partial charge on any atom is -0.507 e. The minimum atomic E-state index is -0.504. The minimum absolute atomic E-state index is 0.0628. The number of halogens is 1. The van der Waals surface area contributed by atoms with Gasteiger partial charge < -0.3 is 9.52 Å². The van der Waals surface area contributed by atoms with Crippen molar-refractivity contribution in [3.63, 3.8) is 0 Å². The summed E-state index contributed by atoms with van der Waals surface area (Å²) < 4.78 is 5.55. The normalized spacial score (nSPS) is 10.9. The molecule has 0 radical (unpaired) electrons. The molecule has 2 aromatic carbocycles. The average Bonchev–Trinajstić information content (AvgIpc) is 2.85. The third kappa shape index (κ3) is 2.30. The highest BCUT2D eigenvalue weighted by molar-refractivity contribution is 6.30. The van der Waals surface area contributed by atoms with Crippen molar-refractivity contribution >= 4 is 34.2 Å². The molecular formula is C16H13ClN2O3. The van der Waals surface area contributed by atoms with Crippen LogP contribution in [0.4, 0.5) is 5.69 Å². The molecule has 112 valence electrons. The molecule has 6 heteroatoms. The molecule has 0 atom stereocenters. The predicted molar refractivity (Wildman–Crippen MR) is 85.1 cm³/mol. The van der Waals surface area contributed by atoms with Crippen LogP contribution in [0.5, 0.6) is 5.75 Å². The zero-order chi connectivity index (χ0) is 15.9. The second kappa shape index (κ2) is 5.36. The van der Waals surface area contributed by atoms with Crippen molar-refractivity contribution < 1.29 is 14.3 Å². The maximum absolute atomic E-state index is 12.5. The first-order valence-electron chi connectivity index (χ1n) is 6.55. The number of rotatable bonds is 2. The van der Waals surface area contributed by atoms with E-state index in [-0.39, 0.29) is 11.5 Å². The van der Waals surface area contributed by atoms with Crippen molar-refractivity contribution in [2.24, 2.45) is 5.84 Å². The summed E-state index contributed by atoms with van der Waals surface area (Å²) in [5.41, 5.74) is 1.46. The number of nitrogens with two attached hydrogens (primary N) is 1. The van der Waals surface area contributed by atoms with Gasteiger partial charge in [-0.2, -0.15) is 0 Å². The Bertz CT molecular complexity index is 856. The van der Waals surface area contributed by atoms with Gasteiger partial charge in [0.25, 0.3) is 0 Å². The highest BCUT2D eigenvalue weighted by Gasteiger charge is 2.23. The number of amides is 1. The van der Waals surface area contributed by atoms with Gasteiger partial charge in [-0.1, -0.05) is 17.7 Å². The Morgan fingerprint density at radius 1 is 1.23 bits per heavy atom. The van der Waals surface area contributed by atoms with Gasteiger partial charge in [0, 0.05) is 10.6 Å². The number of aromatic hydroxyl groups is 1. The molecule has 5 nitrogen and oxygen atoms in total. The summed E-state index contributed by atoms with van der Waals surface area (Å²) >= 11 is 5.82. The van der Waals surface area contributed by atoms with Crippen molar-refractivity contribution in [2.75, 3.05) is 5.01 Å². The Morgan fingerprint density at radius 3 is 2.55 bits per heavy atom. The lowest BCUT2D eigenvalue weighted by Gasteiger charge is -2.15. The Hall–Kier alpha value is -2.50. The Morgan fingerprint density at radius 2 is 1.91 bits per heavy atom. The third-order valence-corrected chi connectivity index (χ3v) is 3.70. The molecule has 1 heterocycles. The molecule has 1 aromatic heterocycles. The zero-order valence-corrected chi connectivity index (χ0v) is 12.5. The zero-order valence-electron chi connectivity index (χ0n) is 11.7. The number of fused-ring (bicyclic) bond motifs is 1. The first-order valence-corrected chi connectivity index (χ1v) is 6.92. The van der Waals surface area contributed by atoms with E-state index < -0.39 is 5.91 Å². The van der Waals surface area contributed by atoms with Gasteiger partial charge in [0.1, 0.15) is 11.3 Å². The molecule has 3 rings (SSSR count). The van der Waals surface area contributed by atoms with E-state index in [2.05, 4.69) is 0 Å². The summed E-state index contributed by atoms with van der Waals surface area (Å²) in [5.74, 6) is 5.52. The van der Waals surface area contributed by atoms with E-state index in [0.717, 1.165) is 5.01 Å². The van der Waals surface area contributed by atoms with Crippen LogP contribution in [0.25, 0.3) is 11.0 Å². The number of hydrazine groups is 1. The van der Waals surface area contributed by atoms with Crippen LogP contribution in [0, 0.1) is 6.92 Å². The summed E-state index contributed by atoms with van der Waals surface area (Å²) in [7, 11) is 0. The fraction of sp³-hybridized carbons (Fsp3) is 0.0625. The van der Waals surface area contributed by atoms with Gasteiger partial charge in [0.2, 0.25) is 0 Å². The van der Waals surface area contributed by atoms with Gasteiger partial charge in [0.15, 0.2) is 5.76 Å². The van der Waals surface area contributed by atoms with E-state index in [4.69, 9.17) is 21.9 Å². The molecule has 22 heavy (non-hydrogen) atoms. The van der Waals surface area contributed by atoms with E-state index in [9.17, 15) is 9.90 Å². The maximum atomic E-state index is 12.5. The van der Waals surface area contributed by atoms with E-state index in [1.54, 1.807) is 49.4 Å². The van der Waals surface area contributed by atoms with Gasteiger partial charge in [-0.25, -0.2) is 10.9 Å². The topological polar surface area (TPSA) is 79.7 Å². The van der Waals surface area contributed by atoms with Crippen LogP contribution in [0.3, 0.4) is 0 Å². The van der Waals surface area contributed by atoms with Crippen LogP contribution in [0.2, 0.25) is 5.02 Å². The number of carbonyl (C=O) groups is 1. The molecule has 3 aromatic rings. The molecule has 0 fully saturated rings. The predicted octanol–water partition coefficient (Wildman–Crippen LogP) is 3.62. The molecule has 0 spiro atoms. The lowest BCUT2D eigenvalue weighted by atomic mass is 10.1. The Labute approximate surface area is 131 Å². The van der Waals surface area contributed by atoms with Crippen LogP contribution in [-0.4, -0.2) is 11.0 Å². The standard InChI is InChI=1S/C16H13ClN2O3/c1-9-14-12(20)3-2-4-13(14)22-15(9)16(21)19(18)11-7-5-10(17)6-8-11/h2-8,20H,18H2,1H3. The Kier molecular flexibility index (Phi) is 3.52. The van der Waals surface area contributed by atoms with Crippen molar-refractivity contribution in [2.45, 2.75) is 6.92 Å². The molecule has 0 saturated carbocycles. The number of carbonyl (C=O) groups excluding carboxylic acids is 1. The van der Waals surface area contributed by atoms with Gasteiger partial charge >= 0.3 is 5.91 Å². The number of nitrogens with zero attached hydrogens (tertiary/aromatic N) is 1. The first kappa shape index (κ1) is 14.4. The van der Waals surface area contributed by atoms with Gasteiger partial charge in [-0.3, -0.25) is 4.79 Å². The van der Waals surface area contributed by atoms with Crippen LogP contribution < -0.4 is 10.9 Å². The van der Waals surface area contributed by atoms with Crippen LogP contribution in [0.15, 0.2) is 46.9 Å². The number of phenolic OH excluding ortho intramolecular Hbond substituents is 1. The SMILES string of the molecule is Cc1c(C(=O)N(N)c2ccc(Cl)cc2)oc2cccc(O)c12. The molecule has 0 aliphatic rings. The Balaban J connectivity index is 2.03. The molecule has 0 unspecified atom stereocenters. The van der Waals surface area contributed by atoms with Crippen molar-refractivity contribution in [3.05, 3.63) is 58.8 Å². The summed E-state index contributed by atoms with van der Waals surface area (Å²) in [6.45, 7) is 1.70. The van der Waals surface area contributed by atoms with Crippen molar-refractivity contribution in [1.82, 2.24) is 0 Å². The van der Waals surface area contributed by atoms with Crippen molar-refractivity contribution in [3.8, 4) is 5.75 Å². The molecule has 0 aliphatic carbocycles. The molecule has 0 bridgehead atoms. The molecule has 1 amide bonds. The number of aryl methyl sites for hydroxylation is 1.